The first-order valence-corrected chi connectivity index (χ1v) is 7.37. The van der Waals surface area contributed by atoms with Gasteiger partial charge in [-0.05, 0) is 28.9 Å². The molecule has 0 spiro atoms. The molecule has 0 saturated carbocycles. The first-order valence-electron chi connectivity index (χ1n) is 7.37. The molecule has 0 N–H and O–H groups in total. The van der Waals surface area contributed by atoms with E-state index in [0.717, 1.165) is 10.8 Å². The molecule has 1 aromatic carbocycles. The summed E-state index contributed by atoms with van der Waals surface area (Å²) in [6.45, 7) is 0.345. The lowest BCUT2D eigenvalue weighted by molar-refractivity contribution is -0.123. The molecule has 0 heterocycles. The summed E-state index contributed by atoms with van der Waals surface area (Å²) in [5.41, 5.74) is 1.38. The van der Waals surface area contributed by atoms with Crippen molar-refractivity contribution < 1.29 is 22.6 Å². The van der Waals surface area contributed by atoms with Gasteiger partial charge in [0.2, 0.25) is 0 Å². The van der Waals surface area contributed by atoms with Crippen LogP contribution < -0.4 is 10.4 Å². The zero-order valence-corrected chi connectivity index (χ0v) is 13.2. The van der Waals surface area contributed by atoms with Crippen molar-refractivity contribution in [3.8, 4) is 0 Å². The van der Waals surface area contributed by atoms with Gasteiger partial charge >= 0.3 is 6.18 Å². The number of benzene rings is 1. The zero-order valence-electron chi connectivity index (χ0n) is 13.2. The maximum absolute atomic E-state index is 12.7. The molecule has 1 aliphatic carbocycles. The monoisotopic (exact) mass is 327 g/mol. The van der Waals surface area contributed by atoms with Crippen LogP contribution in [0.15, 0.2) is 29.3 Å². The number of hydrogen-bond acceptors (Lipinski definition) is 3. The van der Waals surface area contributed by atoms with Gasteiger partial charge in [-0.1, -0.05) is 29.8 Å². The van der Waals surface area contributed by atoms with Crippen LogP contribution in [0.5, 0.6) is 0 Å². The second-order valence-corrected chi connectivity index (χ2v) is 5.36. The van der Waals surface area contributed by atoms with Crippen molar-refractivity contribution >= 4 is 17.4 Å². The topological polar surface area (TPSA) is 30.8 Å². The van der Waals surface area contributed by atoms with Crippen molar-refractivity contribution in [2.75, 3.05) is 20.8 Å². The van der Waals surface area contributed by atoms with Gasteiger partial charge in [0.15, 0.2) is 6.29 Å². The van der Waals surface area contributed by atoms with E-state index in [2.05, 4.69) is 4.99 Å². The van der Waals surface area contributed by atoms with Crippen LogP contribution in [0.4, 0.5) is 13.2 Å². The second kappa shape index (κ2) is 7.75. The molecular formula is C17H20F3NO2. The largest absolute Gasteiger partial charge is 0.392 e. The fraction of sp³-hybridized carbons (Fsp3) is 0.471. The van der Waals surface area contributed by atoms with Gasteiger partial charge < -0.3 is 9.47 Å². The summed E-state index contributed by atoms with van der Waals surface area (Å²) in [4.78, 5) is 4.29. The van der Waals surface area contributed by atoms with E-state index in [1.54, 1.807) is 18.3 Å². The molecular weight excluding hydrogens is 307 g/mol. The number of methoxy groups -OCH3 is 2. The van der Waals surface area contributed by atoms with Crippen LogP contribution in [0.1, 0.15) is 19.3 Å². The normalized spacial score (nSPS) is 15.6. The molecule has 0 radical (unpaired) electrons. The summed E-state index contributed by atoms with van der Waals surface area (Å²) >= 11 is 0. The summed E-state index contributed by atoms with van der Waals surface area (Å²) < 4.78 is 48.3. The van der Waals surface area contributed by atoms with E-state index in [4.69, 9.17) is 9.47 Å². The summed E-state index contributed by atoms with van der Waals surface area (Å²) in [6.07, 6.45) is -2.79. The van der Waals surface area contributed by atoms with Gasteiger partial charge in [-0.15, -0.1) is 0 Å². The van der Waals surface area contributed by atoms with Gasteiger partial charge in [0.25, 0.3) is 0 Å². The number of ether oxygens (including phenoxy) is 2. The highest BCUT2D eigenvalue weighted by Crippen LogP contribution is 2.28. The molecule has 1 aromatic rings. The lowest BCUT2D eigenvalue weighted by Crippen LogP contribution is -2.33. The van der Waals surface area contributed by atoms with Crippen molar-refractivity contribution in [2.24, 2.45) is 4.99 Å². The Morgan fingerprint density at radius 1 is 1.13 bits per heavy atom. The Balaban J connectivity index is 2.36. The molecule has 0 atom stereocenters. The molecule has 0 unspecified atom stereocenters. The predicted octanol–water partition coefficient (Wildman–Crippen LogP) is 2.42. The number of fused-ring (bicyclic) bond motifs is 1. The third kappa shape index (κ3) is 4.91. The number of hydrogen-bond donors (Lipinski definition) is 0. The molecule has 0 fully saturated rings. The lowest BCUT2D eigenvalue weighted by Gasteiger charge is -2.16. The molecule has 3 nitrogen and oxygen atoms in total. The fourth-order valence-corrected chi connectivity index (χ4v) is 2.68. The minimum Gasteiger partial charge on any atom is -0.354 e. The Labute approximate surface area is 133 Å². The number of alkyl halides is 3. The Bertz CT molecular complexity index is 676. The van der Waals surface area contributed by atoms with E-state index in [-0.39, 0.29) is 0 Å². The maximum Gasteiger partial charge on any atom is 0.392 e. The Kier molecular flexibility index (Phi) is 5.96. The lowest BCUT2D eigenvalue weighted by atomic mass is 9.92. The second-order valence-electron chi connectivity index (χ2n) is 5.36. The quantitative estimate of drug-likeness (QED) is 0.593. The van der Waals surface area contributed by atoms with Crippen LogP contribution in [-0.2, 0) is 9.47 Å². The molecule has 2 rings (SSSR count). The number of halogens is 3. The van der Waals surface area contributed by atoms with Crippen LogP contribution in [0.25, 0.3) is 11.1 Å². The minimum atomic E-state index is -4.18. The van der Waals surface area contributed by atoms with Crippen LogP contribution in [0.3, 0.4) is 0 Å². The van der Waals surface area contributed by atoms with Gasteiger partial charge in [0, 0.05) is 20.4 Å². The SMILES string of the molecule is COC(CN=CC1=c2ccccc2=C(CC(F)(F)F)CC1)OC. The maximum atomic E-state index is 12.7. The highest BCUT2D eigenvalue weighted by molar-refractivity contribution is 6.02. The third-order valence-electron chi connectivity index (χ3n) is 3.79. The molecule has 0 bridgehead atoms. The van der Waals surface area contributed by atoms with E-state index in [0.29, 0.717) is 30.2 Å². The van der Waals surface area contributed by atoms with Crippen LogP contribution in [0, 0.1) is 0 Å². The van der Waals surface area contributed by atoms with Crippen molar-refractivity contribution in [3.05, 3.63) is 34.7 Å². The van der Waals surface area contributed by atoms with E-state index < -0.39 is 18.9 Å². The highest BCUT2D eigenvalue weighted by atomic mass is 19.4. The fourth-order valence-electron chi connectivity index (χ4n) is 2.68. The van der Waals surface area contributed by atoms with Gasteiger partial charge in [-0.25, -0.2) is 0 Å². The van der Waals surface area contributed by atoms with Gasteiger partial charge in [0.05, 0.1) is 13.0 Å². The van der Waals surface area contributed by atoms with Gasteiger partial charge in [0.1, 0.15) is 0 Å². The predicted molar refractivity (Wildman–Crippen MR) is 83.6 cm³/mol. The standard InChI is InChI=1S/C17H20F3NO2/c1-22-16(23-2)11-21-10-13-8-7-12(9-17(18,19)20)14-5-3-4-6-15(13)14/h3-6,10,16H,7-9,11H2,1-2H3. The van der Waals surface area contributed by atoms with E-state index in [1.807, 2.05) is 12.1 Å². The molecule has 1 aliphatic rings. The van der Waals surface area contributed by atoms with E-state index in [1.165, 1.54) is 14.2 Å². The molecule has 0 amide bonds. The van der Waals surface area contributed by atoms with E-state index in [9.17, 15) is 13.2 Å². The number of aliphatic imine (C=N–C) groups is 1. The zero-order chi connectivity index (χ0) is 16.9. The molecule has 126 valence electrons. The van der Waals surface area contributed by atoms with Crippen LogP contribution >= 0.6 is 0 Å². The van der Waals surface area contributed by atoms with Crippen LogP contribution in [-0.4, -0.2) is 39.4 Å². The van der Waals surface area contributed by atoms with Crippen molar-refractivity contribution in [2.45, 2.75) is 31.7 Å². The molecule has 0 saturated heterocycles. The third-order valence-corrected chi connectivity index (χ3v) is 3.79. The number of rotatable bonds is 6. The smallest absolute Gasteiger partial charge is 0.354 e. The first kappa shape index (κ1) is 17.7. The first-order chi connectivity index (χ1) is 10.9. The summed E-state index contributed by atoms with van der Waals surface area (Å²) in [5.74, 6) is 0. The Morgan fingerprint density at radius 3 is 2.39 bits per heavy atom. The van der Waals surface area contributed by atoms with Crippen molar-refractivity contribution in [1.29, 1.82) is 0 Å². The summed E-state index contributed by atoms with van der Waals surface area (Å²) in [7, 11) is 3.07. The van der Waals surface area contributed by atoms with E-state index >= 15 is 0 Å². The van der Waals surface area contributed by atoms with Crippen LogP contribution in [0.2, 0.25) is 0 Å². The van der Waals surface area contributed by atoms with Crippen molar-refractivity contribution in [3.63, 3.8) is 0 Å². The summed E-state index contributed by atoms with van der Waals surface area (Å²) in [6, 6.07) is 7.18. The summed E-state index contributed by atoms with van der Waals surface area (Å²) in [5, 5.41) is 1.50. The molecule has 6 heteroatoms. The Hall–Kier alpha value is -1.66. The Morgan fingerprint density at radius 2 is 1.78 bits per heavy atom. The highest BCUT2D eigenvalue weighted by Gasteiger charge is 2.29. The van der Waals surface area contributed by atoms with Crippen molar-refractivity contribution in [1.82, 2.24) is 0 Å². The van der Waals surface area contributed by atoms with Gasteiger partial charge in [-0.3, -0.25) is 4.99 Å². The number of nitrogens with zero attached hydrogens (tertiary/aromatic N) is 1. The average Bonchev–Trinajstić information content (AvgIpc) is 2.52. The molecule has 0 aliphatic heterocycles. The molecule has 0 aromatic heterocycles. The average molecular weight is 327 g/mol. The minimum absolute atomic E-state index is 0.345. The molecule has 23 heavy (non-hydrogen) atoms. The van der Waals surface area contributed by atoms with Gasteiger partial charge in [-0.2, -0.15) is 13.2 Å².